The van der Waals surface area contributed by atoms with Crippen molar-refractivity contribution in [3.8, 4) is 5.75 Å². The van der Waals surface area contributed by atoms with Gasteiger partial charge in [0.25, 0.3) is 0 Å². The highest BCUT2D eigenvalue weighted by Gasteiger charge is 2.44. The first-order valence-electron chi connectivity index (χ1n) is 10.5. The van der Waals surface area contributed by atoms with Crippen LogP contribution >= 0.6 is 0 Å². The molecule has 0 aromatic heterocycles. The van der Waals surface area contributed by atoms with Gasteiger partial charge in [-0.1, -0.05) is 103 Å². The summed E-state index contributed by atoms with van der Waals surface area (Å²) in [5, 5.41) is 0. The van der Waals surface area contributed by atoms with Gasteiger partial charge in [0.2, 0.25) is 0 Å². The van der Waals surface area contributed by atoms with Gasteiger partial charge in [0.1, 0.15) is 5.75 Å². The summed E-state index contributed by atoms with van der Waals surface area (Å²) in [6.45, 7) is 0. The Morgan fingerprint density at radius 2 is 0.886 bits per heavy atom. The van der Waals surface area contributed by atoms with E-state index in [0.29, 0.717) is 0 Å². The molecule has 0 saturated heterocycles. The Kier molecular flexibility index (Phi) is 7.99. The summed E-state index contributed by atoms with van der Waals surface area (Å²) >= 11 is 0. The van der Waals surface area contributed by atoms with Crippen molar-refractivity contribution in [2.75, 3.05) is 7.11 Å². The first-order valence-corrected chi connectivity index (χ1v) is 11.9. The number of hydrogen-bond acceptors (Lipinski definition) is 3. The third kappa shape index (κ3) is 5.72. The second-order valence-electron chi connectivity index (χ2n) is 7.50. The van der Waals surface area contributed by atoms with Gasteiger partial charge in [0.15, 0.2) is 0 Å². The van der Waals surface area contributed by atoms with Gasteiger partial charge in [-0.15, -0.1) is 0 Å². The molecule has 182 valence electrons. The summed E-state index contributed by atoms with van der Waals surface area (Å²) in [4.78, 5) is 0. The van der Waals surface area contributed by atoms with E-state index in [9.17, 15) is 13.2 Å². The molecule has 35 heavy (non-hydrogen) atoms. The van der Waals surface area contributed by atoms with Crippen molar-refractivity contribution in [2.45, 2.75) is 10.9 Å². The summed E-state index contributed by atoms with van der Waals surface area (Å²) in [6.07, 6.45) is 0. The molecule has 0 aliphatic heterocycles. The molecular weight excluding hydrogens is 477 g/mol. The number of hydrogen-bond donors (Lipinski definition) is 1. The van der Waals surface area contributed by atoms with Crippen LogP contribution in [0.5, 0.6) is 5.75 Å². The van der Waals surface area contributed by atoms with Crippen LogP contribution in [0.15, 0.2) is 115 Å². The maximum atomic E-state index is 10.7. The lowest BCUT2D eigenvalue weighted by atomic mass is 9.65. The molecule has 0 saturated carbocycles. The molecule has 0 spiro atoms. The Bertz CT molecular complexity index is 1210. The van der Waals surface area contributed by atoms with Gasteiger partial charge in [-0.05, 0) is 34.4 Å². The van der Waals surface area contributed by atoms with E-state index in [-0.39, 0.29) is 0 Å². The predicted molar refractivity (Wildman–Crippen MR) is 129 cm³/mol. The fourth-order valence-corrected chi connectivity index (χ4v) is 3.91. The van der Waals surface area contributed by atoms with Crippen LogP contribution in [0.2, 0.25) is 0 Å². The average molecular weight is 501 g/mol. The number of benzene rings is 4. The van der Waals surface area contributed by atoms with Gasteiger partial charge >= 0.3 is 15.6 Å². The van der Waals surface area contributed by atoms with Crippen LogP contribution in [-0.2, 0) is 15.5 Å². The Balaban J connectivity index is 0.000000371. The third-order valence-electron chi connectivity index (χ3n) is 5.44. The van der Waals surface area contributed by atoms with Crippen LogP contribution in [0, 0.1) is 0 Å². The standard InChI is InChI=1S/C26H22O.CHF3O3S/c1-27-25-19-17-24(18-20-25)26(21-11-5-2-6-12-21,22-13-7-3-8-14-22)23-15-9-4-10-16-23;2-1(3,4)8(5,6)7/h2-20H,1H3;(H,5,6,7). The molecule has 0 fully saturated rings. The molecule has 0 amide bonds. The fraction of sp³-hybridized carbons (Fsp3) is 0.111. The lowest BCUT2D eigenvalue weighted by Crippen LogP contribution is -2.30. The zero-order valence-electron chi connectivity index (χ0n) is 18.7. The SMILES string of the molecule is COc1ccc(C(c2ccccc2)(c2ccccc2)c2ccccc2)cc1.O=S(=O)(O)C(F)(F)F. The minimum absolute atomic E-state index is 0.393. The second-order valence-corrected chi connectivity index (χ2v) is 8.91. The maximum Gasteiger partial charge on any atom is 0.522 e. The van der Waals surface area contributed by atoms with Crippen molar-refractivity contribution in [3.05, 3.63) is 138 Å². The van der Waals surface area contributed by atoms with Crippen LogP contribution in [-0.4, -0.2) is 25.6 Å². The van der Waals surface area contributed by atoms with Crippen LogP contribution in [0.3, 0.4) is 0 Å². The molecule has 1 N–H and O–H groups in total. The predicted octanol–water partition coefficient (Wildman–Crippen LogP) is 6.47. The third-order valence-corrected chi connectivity index (χ3v) is 6.02. The highest BCUT2D eigenvalue weighted by molar-refractivity contribution is 7.86. The monoisotopic (exact) mass is 500 g/mol. The quantitative estimate of drug-likeness (QED) is 0.194. The van der Waals surface area contributed by atoms with E-state index in [1.807, 2.05) is 12.1 Å². The Morgan fingerprint density at radius 3 is 1.14 bits per heavy atom. The average Bonchev–Trinajstić information content (AvgIpc) is 2.86. The number of alkyl halides is 3. The van der Waals surface area contributed by atoms with E-state index in [0.717, 1.165) is 5.75 Å². The smallest absolute Gasteiger partial charge is 0.497 e. The molecule has 4 aromatic rings. The van der Waals surface area contributed by atoms with Crippen molar-refractivity contribution < 1.29 is 30.9 Å². The first-order chi connectivity index (χ1) is 16.6. The lowest BCUT2D eigenvalue weighted by Gasteiger charge is -2.36. The number of halogens is 3. The van der Waals surface area contributed by atoms with Crippen molar-refractivity contribution in [1.82, 2.24) is 0 Å². The molecule has 4 nitrogen and oxygen atoms in total. The molecule has 0 heterocycles. The summed E-state index contributed by atoms with van der Waals surface area (Å²) in [6, 6.07) is 40.6. The molecule has 0 aliphatic carbocycles. The van der Waals surface area contributed by atoms with Crippen LogP contribution < -0.4 is 4.74 Å². The number of ether oxygens (including phenoxy) is 1. The molecule has 0 atom stereocenters. The van der Waals surface area contributed by atoms with Gasteiger partial charge in [-0.3, -0.25) is 4.55 Å². The number of methoxy groups -OCH3 is 1. The summed E-state index contributed by atoms with van der Waals surface area (Å²) < 4.78 is 62.9. The van der Waals surface area contributed by atoms with E-state index >= 15 is 0 Å². The number of rotatable bonds is 5. The van der Waals surface area contributed by atoms with Crippen molar-refractivity contribution >= 4 is 10.1 Å². The first kappa shape index (κ1) is 26.0. The topological polar surface area (TPSA) is 63.6 Å². The minimum Gasteiger partial charge on any atom is -0.497 e. The molecule has 0 aliphatic rings. The van der Waals surface area contributed by atoms with E-state index in [1.165, 1.54) is 22.3 Å². The van der Waals surface area contributed by atoms with Crippen LogP contribution in [0.25, 0.3) is 0 Å². The van der Waals surface area contributed by atoms with Crippen molar-refractivity contribution in [2.24, 2.45) is 0 Å². The van der Waals surface area contributed by atoms with E-state index < -0.39 is 21.0 Å². The zero-order chi connectivity index (χ0) is 25.5. The van der Waals surface area contributed by atoms with Crippen LogP contribution in [0.1, 0.15) is 22.3 Å². The summed E-state index contributed by atoms with van der Waals surface area (Å²) in [5.74, 6) is 0.863. The van der Waals surface area contributed by atoms with E-state index in [1.54, 1.807) is 7.11 Å². The molecule has 0 bridgehead atoms. The fourth-order valence-electron chi connectivity index (χ4n) is 3.91. The second kappa shape index (κ2) is 10.8. The largest absolute Gasteiger partial charge is 0.522 e. The summed E-state index contributed by atoms with van der Waals surface area (Å²) in [7, 11) is -4.14. The Labute approximate surface area is 202 Å². The molecule has 4 aromatic carbocycles. The highest BCUT2D eigenvalue weighted by atomic mass is 32.2. The Hall–Kier alpha value is -3.62. The lowest BCUT2D eigenvalue weighted by molar-refractivity contribution is -0.0510. The van der Waals surface area contributed by atoms with Gasteiger partial charge in [0, 0.05) is 0 Å². The van der Waals surface area contributed by atoms with Gasteiger partial charge in [-0.25, -0.2) is 0 Å². The van der Waals surface area contributed by atoms with Gasteiger partial charge in [0.05, 0.1) is 12.5 Å². The van der Waals surface area contributed by atoms with E-state index in [4.69, 9.17) is 17.7 Å². The summed E-state index contributed by atoms with van der Waals surface area (Å²) in [5.41, 5.74) is -0.983. The van der Waals surface area contributed by atoms with Crippen molar-refractivity contribution in [3.63, 3.8) is 0 Å². The molecule has 0 unspecified atom stereocenters. The van der Waals surface area contributed by atoms with Gasteiger partial charge < -0.3 is 4.74 Å². The maximum absolute atomic E-state index is 10.7. The Morgan fingerprint density at radius 1 is 0.600 bits per heavy atom. The highest BCUT2D eigenvalue weighted by Crippen LogP contribution is 2.45. The molecule has 8 heteroatoms. The van der Waals surface area contributed by atoms with Gasteiger partial charge in [-0.2, -0.15) is 21.6 Å². The van der Waals surface area contributed by atoms with E-state index in [2.05, 4.69) is 103 Å². The molecule has 0 radical (unpaired) electrons. The minimum atomic E-state index is -5.84. The van der Waals surface area contributed by atoms with Crippen molar-refractivity contribution in [1.29, 1.82) is 0 Å². The molecule has 4 rings (SSSR count). The molecular formula is C27H23F3O4S. The zero-order valence-corrected chi connectivity index (χ0v) is 19.5. The normalized spacial score (nSPS) is 11.8. The van der Waals surface area contributed by atoms with Crippen LogP contribution in [0.4, 0.5) is 13.2 Å².